The molecule has 1 rings (SSSR count). The van der Waals surface area contributed by atoms with Gasteiger partial charge in [-0.25, -0.2) is 8.78 Å². The summed E-state index contributed by atoms with van der Waals surface area (Å²) in [5.74, 6) is -2.04. The Bertz CT molecular complexity index is 235. The van der Waals surface area contributed by atoms with Crippen LogP contribution in [0.25, 0.3) is 0 Å². The highest BCUT2D eigenvalue weighted by atomic mass is 127. The monoisotopic (exact) mass is 256 g/mol. The molecule has 1 aromatic rings. The second kappa shape index (κ2) is 2.69. The molecule has 0 saturated carbocycles. The second-order valence-corrected chi connectivity index (χ2v) is 2.77. The van der Waals surface area contributed by atoms with Gasteiger partial charge in [0, 0.05) is 0 Å². The van der Waals surface area contributed by atoms with Crippen molar-refractivity contribution in [2.75, 3.05) is 0 Å². The molecule has 0 fully saturated rings. The first kappa shape index (κ1) is 7.71. The van der Waals surface area contributed by atoms with Gasteiger partial charge in [0.15, 0.2) is 11.6 Å². The highest BCUT2D eigenvalue weighted by Gasteiger charge is 2.08. The van der Waals surface area contributed by atoms with E-state index in [2.05, 4.69) is 0 Å². The van der Waals surface area contributed by atoms with Crippen LogP contribution >= 0.6 is 22.6 Å². The fraction of sp³-hybridized carbons (Fsp3) is 0. The molecule has 0 aliphatic carbocycles. The minimum atomic E-state index is -0.800. The number of phenols is 1. The van der Waals surface area contributed by atoms with Gasteiger partial charge in [-0.3, -0.25) is 0 Å². The van der Waals surface area contributed by atoms with E-state index in [1.54, 1.807) is 0 Å². The van der Waals surface area contributed by atoms with Gasteiger partial charge in [-0.15, -0.1) is 0 Å². The summed E-state index contributed by atoms with van der Waals surface area (Å²) in [4.78, 5) is 0. The molecule has 4 heteroatoms. The van der Waals surface area contributed by atoms with Crippen LogP contribution in [-0.4, -0.2) is 5.11 Å². The third kappa shape index (κ3) is 1.21. The molecule has 0 spiro atoms. The maximum atomic E-state index is 12.4. The maximum absolute atomic E-state index is 12.4. The van der Waals surface area contributed by atoms with Gasteiger partial charge in [0.1, 0.15) is 5.82 Å². The molecule has 10 heavy (non-hydrogen) atoms. The Morgan fingerprint density at radius 2 is 1.70 bits per heavy atom. The zero-order valence-corrected chi connectivity index (χ0v) is 6.89. The lowest BCUT2D eigenvalue weighted by molar-refractivity contribution is 0.421. The van der Waals surface area contributed by atoms with Crippen molar-refractivity contribution in [2.45, 2.75) is 0 Å². The van der Waals surface area contributed by atoms with Crippen molar-refractivity contribution in [3.63, 3.8) is 0 Å². The maximum Gasteiger partial charge on any atom is 0.167 e. The predicted molar refractivity (Wildman–Crippen MR) is 40.7 cm³/mol. The Balaban J connectivity index is 3.34. The molecule has 0 aromatic heterocycles. The molecule has 0 amide bonds. The lowest BCUT2D eigenvalue weighted by atomic mass is 10.3. The van der Waals surface area contributed by atoms with E-state index in [9.17, 15) is 8.78 Å². The second-order valence-electron chi connectivity index (χ2n) is 1.69. The lowest BCUT2D eigenvalue weighted by Gasteiger charge is -1.97. The fourth-order valence-electron chi connectivity index (χ4n) is 0.516. The molecule has 1 aromatic carbocycles. The van der Waals surface area contributed by atoms with Crippen LogP contribution in [0.5, 0.6) is 5.75 Å². The molecule has 1 nitrogen and oxygen atoms in total. The molecular formula is C6H3F2IO. The molecule has 54 valence electrons. The molecule has 0 atom stereocenters. The number of halogens is 3. The van der Waals surface area contributed by atoms with Crippen molar-refractivity contribution in [3.8, 4) is 5.75 Å². The van der Waals surface area contributed by atoms with Crippen LogP contribution in [0.4, 0.5) is 8.78 Å². The number of phenolic OH excluding ortho intramolecular Hbond substituents is 1. The van der Waals surface area contributed by atoms with Gasteiger partial charge in [-0.1, -0.05) is 0 Å². The molecule has 0 bridgehead atoms. The van der Waals surface area contributed by atoms with Crippen molar-refractivity contribution in [2.24, 2.45) is 0 Å². The third-order valence-electron chi connectivity index (χ3n) is 1.02. The average Bonchev–Trinajstić information content (AvgIpc) is 1.93. The molecule has 0 heterocycles. The van der Waals surface area contributed by atoms with Gasteiger partial charge < -0.3 is 5.11 Å². The minimum absolute atomic E-state index is 0.0856. The van der Waals surface area contributed by atoms with Gasteiger partial charge >= 0.3 is 0 Å². The Morgan fingerprint density at radius 3 is 2.20 bits per heavy atom. The van der Waals surface area contributed by atoms with Crippen molar-refractivity contribution in [1.29, 1.82) is 0 Å². The zero-order valence-electron chi connectivity index (χ0n) is 4.74. The van der Waals surface area contributed by atoms with E-state index in [0.717, 1.165) is 12.1 Å². The number of benzene rings is 1. The van der Waals surface area contributed by atoms with E-state index in [1.807, 2.05) is 0 Å². The third-order valence-corrected chi connectivity index (χ3v) is 2.05. The van der Waals surface area contributed by atoms with Crippen molar-refractivity contribution < 1.29 is 13.9 Å². The van der Waals surface area contributed by atoms with Crippen LogP contribution in [0.15, 0.2) is 12.1 Å². The minimum Gasteiger partial charge on any atom is -0.504 e. The largest absolute Gasteiger partial charge is 0.504 e. The number of hydrogen-bond acceptors (Lipinski definition) is 1. The van der Waals surface area contributed by atoms with Crippen LogP contribution < -0.4 is 0 Å². The van der Waals surface area contributed by atoms with E-state index in [-0.39, 0.29) is 3.57 Å². The predicted octanol–water partition coefficient (Wildman–Crippen LogP) is 2.28. The quantitative estimate of drug-likeness (QED) is 0.557. The van der Waals surface area contributed by atoms with Crippen LogP contribution in [0, 0.1) is 15.2 Å². The molecule has 0 radical (unpaired) electrons. The lowest BCUT2D eigenvalue weighted by Crippen LogP contribution is -1.85. The van der Waals surface area contributed by atoms with E-state index >= 15 is 0 Å². The Labute approximate surface area is 69.8 Å². The van der Waals surface area contributed by atoms with Crippen molar-refractivity contribution >= 4 is 22.6 Å². The highest BCUT2D eigenvalue weighted by molar-refractivity contribution is 14.1. The molecular weight excluding hydrogens is 253 g/mol. The molecule has 0 aliphatic heterocycles. The Kier molecular flexibility index (Phi) is 2.08. The van der Waals surface area contributed by atoms with Gasteiger partial charge in [0.2, 0.25) is 0 Å². The normalized spacial score (nSPS) is 9.90. The van der Waals surface area contributed by atoms with E-state index < -0.39 is 17.4 Å². The van der Waals surface area contributed by atoms with Gasteiger partial charge in [0.25, 0.3) is 0 Å². The summed E-state index contributed by atoms with van der Waals surface area (Å²) in [6.45, 7) is 0. The Hall–Kier alpha value is -0.390. The van der Waals surface area contributed by atoms with E-state index in [0.29, 0.717) is 0 Å². The summed E-state index contributed by atoms with van der Waals surface area (Å²) in [6.07, 6.45) is 0. The number of rotatable bonds is 0. The van der Waals surface area contributed by atoms with Crippen molar-refractivity contribution in [3.05, 3.63) is 27.3 Å². The fourth-order valence-corrected chi connectivity index (χ4v) is 0.954. The summed E-state index contributed by atoms with van der Waals surface area (Å²) in [5.41, 5.74) is 0. The van der Waals surface area contributed by atoms with Gasteiger partial charge in [0.05, 0.1) is 3.57 Å². The van der Waals surface area contributed by atoms with Gasteiger partial charge in [-0.05, 0) is 34.7 Å². The standard InChI is InChI=1S/C6H3F2IO/c7-3-1-2-4(8)6(10)5(3)9/h1-2,10H. The smallest absolute Gasteiger partial charge is 0.167 e. The van der Waals surface area contributed by atoms with E-state index in [4.69, 9.17) is 5.11 Å². The summed E-state index contributed by atoms with van der Waals surface area (Å²) in [6, 6.07) is 1.85. The molecule has 0 saturated heterocycles. The number of hydrogen-bond donors (Lipinski definition) is 1. The van der Waals surface area contributed by atoms with Crippen LogP contribution in [0.3, 0.4) is 0 Å². The van der Waals surface area contributed by atoms with Crippen LogP contribution in [-0.2, 0) is 0 Å². The van der Waals surface area contributed by atoms with E-state index in [1.165, 1.54) is 22.6 Å². The average molecular weight is 256 g/mol. The number of aromatic hydroxyl groups is 1. The van der Waals surface area contributed by atoms with Crippen LogP contribution in [0.1, 0.15) is 0 Å². The first-order valence-corrected chi connectivity index (χ1v) is 3.53. The Morgan fingerprint density at radius 1 is 1.20 bits per heavy atom. The van der Waals surface area contributed by atoms with Crippen LogP contribution in [0.2, 0.25) is 0 Å². The SMILES string of the molecule is Oc1c(F)ccc(F)c1I. The van der Waals surface area contributed by atoms with Gasteiger partial charge in [-0.2, -0.15) is 0 Å². The first-order valence-electron chi connectivity index (χ1n) is 2.45. The van der Waals surface area contributed by atoms with Crippen molar-refractivity contribution in [1.82, 2.24) is 0 Å². The summed E-state index contributed by atoms with van der Waals surface area (Å²) < 4.78 is 24.7. The summed E-state index contributed by atoms with van der Waals surface area (Å²) in [5, 5.41) is 8.76. The summed E-state index contributed by atoms with van der Waals surface area (Å²) >= 11 is 1.53. The zero-order chi connectivity index (χ0) is 7.72. The first-order chi connectivity index (χ1) is 4.63. The molecule has 0 unspecified atom stereocenters. The summed E-state index contributed by atoms with van der Waals surface area (Å²) in [7, 11) is 0. The topological polar surface area (TPSA) is 20.2 Å². The highest BCUT2D eigenvalue weighted by Crippen LogP contribution is 2.24. The molecule has 1 N–H and O–H groups in total. The molecule has 0 aliphatic rings.